The van der Waals surface area contributed by atoms with Gasteiger partial charge in [0.1, 0.15) is 0 Å². The summed E-state index contributed by atoms with van der Waals surface area (Å²) in [4.78, 5) is 37.8. The second-order valence-corrected chi connectivity index (χ2v) is 0.692. The molecule has 0 unspecified atom stereocenters. The molecule has 0 spiro atoms. The van der Waals surface area contributed by atoms with Crippen molar-refractivity contribution in [2.24, 2.45) is 16.0 Å². The maximum Gasteiger partial charge on any atom is 0.308 e. The predicted octanol–water partition coefficient (Wildman–Crippen LogP) is 0.127. The predicted molar refractivity (Wildman–Crippen MR) is 22.5 cm³/mol. The lowest BCUT2D eigenvalue weighted by atomic mass is 12.7. The fourth-order valence-corrected chi connectivity index (χ4v) is 0.126. The van der Waals surface area contributed by atoms with Crippen LogP contribution in [-0.2, 0) is 14.8 Å². The van der Waals surface area contributed by atoms with E-state index in [4.69, 9.17) is 0 Å². The van der Waals surface area contributed by atoms with Gasteiger partial charge in [-0.15, -0.1) is 14.7 Å². The molecule has 0 fully saturated rings. The van der Waals surface area contributed by atoms with Gasteiger partial charge < -0.3 is 0 Å². The Morgan fingerprint density at radius 1 is 0.800 bits per heavy atom. The van der Waals surface area contributed by atoms with Crippen LogP contribution in [0.5, 0.6) is 0 Å². The highest BCUT2D eigenvalue weighted by Crippen LogP contribution is 1.94. The molecule has 0 rings (SSSR count). The molecule has 0 aliphatic heterocycles. The number of nitrogens with zero attached hydrogens (tertiary/aromatic N) is 4. The molecule has 0 bridgehead atoms. The summed E-state index contributed by atoms with van der Waals surface area (Å²) >= 11 is 0. The first-order chi connectivity index (χ1) is 4.85. The maximum atomic E-state index is 9.20. The summed E-state index contributed by atoms with van der Waals surface area (Å²) in [6.45, 7) is 0. The van der Waals surface area contributed by atoms with E-state index in [1.54, 1.807) is 16.0 Å². The second-order valence-electron chi connectivity index (χ2n) is 0.692. The minimum Gasteiger partial charge on any atom is -0.181 e. The molecule has 0 aromatic heterocycles. The van der Waals surface area contributed by atoms with Crippen molar-refractivity contribution in [3.05, 3.63) is 14.7 Å². The molecule has 0 atom stereocenters. The molecule has 0 aromatic carbocycles. The highest BCUT2D eigenvalue weighted by Gasteiger charge is 2.10. The van der Waals surface area contributed by atoms with Crippen molar-refractivity contribution >= 4 is 0 Å². The molecule has 10 nitrogen and oxygen atoms in total. The van der Waals surface area contributed by atoms with Gasteiger partial charge in [0, 0.05) is 0 Å². The van der Waals surface area contributed by atoms with Crippen LogP contribution in [0, 0.1) is 14.7 Å². The molecule has 0 heterocycles. The van der Waals surface area contributed by atoms with E-state index in [0.29, 0.717) is 0 Å². The van der Waals surface area contributed by atoms with E-state index < -0.39 is 5.39 Å². The van der Waals surface area contributed by atoms with Gasteiger partial charge in [-0.2, -0.15) is 14.8 Å². The van der Waals surface area contributed by atoms with Crippen molar-refractivity contribution in [1.82, 2.24) is 5.39 Å². The Bertz CT molecular complexity index is 97.1. The summed E-state index contributed by atoms with van der Waals surface area (Å²) in [5, 5.41) is 4.71. The first-order valence-corrected chi connectivity index (χ1v) is 1.64. The Morgan fingerprint density at radius 2 is 1.10 bits per heavy atom. The third-order valence-electron chi connectivity index (χ3n) is 0.300. The maximum absolute atomic E-state index is 9.20. The molecule has 0 N–H and O–H groups in total. The zero-order valence-electron chi connectivity index (χ0n) is 4.24. The molecule has 0 saturated heterocycles. The summed E-state index contributed by atoms with van der Waals surface area (Å²) in [7, 11) is 0. The molecule has 0 aromatic rings. The number of rotatable bonds is 6. The van der Waals surface area contributed by atoms with Crippen LogP contribution in [0.15, 0.2) is 16.0 Å². The summed E-state index contributed by atoms with van der Waals surface area (Å²) in [6.07, 6.45) is 0. The zero-order chi connectivity index (χ0) is 7.82. The Labute approximate surface area is 52.3 Å². The highest BCUT2D eigenvalue weighted by atomic mass is 17.3. The fourth-order valence-electron chi connectivity index (χ4n) is 0.126. The van der Waals surface area contributed by atoms with Gasteiger partial charge in [0.25, 0.3) is 0 Å². The molecule has 0 aliphatic rings. The molecular formula is N4O6. The third-order valence-corrected chi connectivity index (χ3v) is 0.300. The first kappa shape index (κ1) is 8.16. The standard InChI is InChI=1S/N4O6/c5-1-8-4(9-2-6)10-3-7. The summed E-state index contributed by atoms with van der Waals surface area (Å²) in [6, 6.07) is 0. The highest BCUT2D eigenvalue weighted by molar-refractivity contribution is 3.97. The smallest absolute Gasteiger partial charge is 0.181 e. The Morgan fingerprint density at radius 3 is 1.30 bits per heavy atom. The van der Waals surface area contributed by atoms with E-state index in [-0.39, 0.29) is 0 Å². The minimum atomic E-state index is -0.396. The summed E-state index contributed by atoms with van der Waals surface area (Å²) in [5.41, 5.74) is 0. The van der Waals surface area contributed by atoms with Gasteiger partial charge in [-0.1, -0.05) is 0 Å². The normalized spacial score (nSPS) is 8.10. The molecule has 10 heavy (non-hydrogen) atoms. The second kappa shape index (κ2) is 5.30. The number of hydrogen-bond acceptors (Lipinski definition) is 10. The Kier molecular flexibility index (Phi) is 4.32. The molecule has 56 valence electrons. The molecule has 0 saturated carbocycles. The van der Waals surface area contributed by atoms with Crippen LogP contribution in [0.4, 0.5) is 0 Å². The van der Waals surface area contributed by atoms with Crippen LogP contribution in [0.1, 0.15) is 0 Å². The van der Waals surface area contributed by atoms with Crippen molar-refractivity contribution in [3.8, 4) is 0 Å². The van der Waals surface area contributed by atoms with E-state index in [2.05, 4.69) is 14.8 Å². The van der Waals surface area contributed by atoms with Crippen LogP contribution < -0.4 is 0 Å². The van der Waals surface area contributed by atoms with Gasteiger partial charge in [-0.05, 0) is 0 Å². The van der Waals surface area contributed by atoms with Gasteiger partial charge in [-0.25, -0.2) is 0 Å². The third kappa shape index (κ3) is 3.20. The fraction of sp³-hybridized carbons (Fsp3) is 0. The lowest BCUT2D eigenvalue weighted by molar-refractivity contribution is -0.532. The van der Waals surface area contributed by atoms with Crippen molar-refractivity contribution in [3.63, 3.8) is 0 Å². The summed E-state index contributed by atoms with van der Waals surface area (Å²) < 4.78 is 0. The van der Waals surface area contributed by atoms with Crippen LogP contribution >= 0.6 is 0 Å². The summed E-state index contributed by atoms with van der Waals surface area (Å²) in [5.74, 6) is 0. The molecule has 0 radical (unpaired) electrons. The van der Waals surface area contributed by atoms with Gasteiger partial charge >= 0.3 is 5.39 Å². The molecular weight excluding hydrogens is 152 g/mol. The first-order valence-electron chi connectivity index (χ1n) is 1.64. The van der Waals surface area contributed by atoms with Gasteiger partial charge in [0.15, 0.2) is 16.0 Å². The average molecular weight is 152 g/mol. The van der Waals surface area contributed by atoms with Gasteiger partial charge in [0.05, 0.1) is 0 Å². The van der Waals surface area contributed by atoms with E-state index in [1.165, 1.54) is 0 Å². The molecule has 0 aliphatic carbocycles. The van der Waals surface area contributed by atoms with Crippen molar-refractivity contribution < 1.29 is 14.8 Å². The van der Waals surface area contributed by atoms with E-state index in [0.717, 1.165) is 0 Å². The zero-order valence-corrected chi connectivity index (χ0v) is 4.24. The average Bonchev–Trinajstić information content (AvgIpc) is 1.90. The Hall–Kier alpha value is -1.84. The van der Waals surface area contributed by atoms with E-state index >= 15 is 0 Å². The largest absolute Gasteiger partial charge is 0.308 e. The number of hydrogen-bond donors (Lipinski definition) is 0. The van der Waals surface area contributed by atoms with Crippen molar-refractivity contribution in [2.75, 3.05) is 0 Å². The van der Waals surface area contributed by atoms with Crippen LogP contribution in [0.2, 0.25) is 0 Å². The van der Waals surface area contributed by atoms with E-state index in [9.17, 15) is 14.7 Å². The SMILES string of the molecule is O=NON(ON=O)ON=O. The molecule has 10 heteroatoms. The lowest BCUT2D eigenvalue weighted by Crippen LogP contribution is -2.16. The van der Waals surface area contributed by atoms with Crippen LogP contribution in [0.3, 0.4) is 0 Å². The minimum absolute atomic E-state index is 0.396. The monoisotopic (exact) mass is 152 g/mol. The van der Waals surface area contributed by atoms with Crippen LogP contribution in [0.25, 0.3) is 0 Å². The topological polar surface area (TPSA) is 119 Å². The van der Waals surface area contributed by atoms with Crippen molar-refractivity contribution in [1.29, 1.82) is 0 Å². The molecule has 0 amide bonds. The van der Waals surface area contributed by atoms with Crippen LogP contribution in [-0.4, -0.2) is 5.39 Å². The van der Waals surface area contributed by atoms with Gasteiger partial charge in [-0.3, -0.25) is 0 Å². The van der Waals surface area contributed by atoms with E-state index in [1.807, 2.05) is 0 Å². The van der Waals surface area contributed by atoms with Gasteiger partial charge in [0.2, 0.25) is 0 Å². The Balaban J connectivity index is 3.58. The van der Waals surface area contributed by atoms with Crippen molar-refractivity contribution in [2.45, 2.75) is 0 Å². The quantitative estimate of drug-likeness (QED) is 0.391. The lowest BCUT2D eigenvalue weighted by Gasteiger charge is -2.00.